The number of benzene rings is 1. The topological polar surface area (TPSA) is 99.9 Å². The van der Waals surface area contributed by atoms with Gasteiger partial charge in [-0.1, -0.05) is 26.0 Å². The van der Waals surface area contributed by atoms with E-state index in [0.29, 0.717) is 29.7 Å². The van der Waals surface area contributed by atoms with Crippen molar-refractivity contribution in [3.63, 3.8) is 0 Å². The van der Waals surface area contributed by atoms with Gasteiger partial charge in [0.2, 0.25) is 5.88 Å². The first kappa shape index (κ1) is 15.8. The summed E-state index contributed by atoms with van der Waals surface area (Å²) >= 11 is 0. The summed E-state index contributed by atoms with van der Waals surface area (Å²) in [6.07, 6.45) is 1.00. The lowest BCUT2D eigenvalue weighted by molar-refractivity contribution is -0.119. The molecule has 0 spiro atoms. The zero-order valence-corrected chi connectivity index (χ0v) is 13.6. The Labute approximate surface area is 140 Å². The monoisotopic (exact) mass is 319 g/mol. The van der Waals surface area contributed by atoms with Gasteiger partial charge in [-0.05, 0) is 23.1 Å². The van der Waals surface area contributed by atoms with E-state index < -0.39 is 5.92 Å². The average molecular weight is 319 g/mol. The third-order valence-electron chi connectivity index (χ3n) is 4.45. The first-order valence-electron chi connectivity index (χ1n) is 7.70. The molecule has 1 aromatic carbocycles. The Morgan fingerprint density at radius 3 is 2.42 bits per heavy atom. The van der Waals surface area contributed by atoms with E-state index in [1.54, 1.807) is 24.3 Å². The van der Waals surface area contributed by atoms with E-state index in [-0.39, 0.29) is 22.7 Å². The predicted molar refractivity (Wildman–Crippen MR) is 86.9 cm³/mol. The van der Waals surface area contributed by atoms with Crippen LogP contribution in [0.5, 0.6) is 0 Å². The molecule has 0 bridgehead atoms. The number of rotatable bonds is 1. The fourth-order valence-corrected chi connectivity index (χ4v) is 3.37. The summed E-state index contributed by atoms with van der Waals surface area (Å²) in [6.45, 7) is 4.02. The molecule has 24 heavy (non-hydrogen) atoms. The fourth-order valence-electron chi connectivity index (χ4n) is 3.37. The predicted octanol–water partition coefficient (Wildman–Crippen LogP) is 3.01. The Morgan fingerprint density at radius 1 is 1.17 bits per heavy atom. The number of hydrogen-bond acceptors (Lipinski definition) is 5. The third-order valence-corrected chi connectivity index (χ3v) is 4.45. The highest BCUT2D eigenvalue weighted by Crippen LogP contribution is 2.47. The van der Waals surface area contributed by atoms with Crippen molar-refractivity contribution in [2.75, 3.05) is 0 Å². The van der Waals surface area contributed by atoms with Crippen LogP contribution in [-0.2, 0) is 9.53 Å². The van der Waals surface area contributed by atoms with Crippen molar-refractivity contribution < 1.29 is 9.53 Å². The van der Waals surface area contributed by atoms with E-state index in [0.717, 1.165) is 5.56 Å². The lowest BCUT2D eigenvalue weighted by Gasteiger charge is -2.37. The minimum absolute atomic E-state index is 0.0177. The summed E-state index contributed by atoms with van der Waals surface area (Å²) in [6, 6.07) is 11.0. The van der Waals surface area contributed by atoms with Crippen LogP contribution in [0.1, 0.15) is 43.7 Å². The van der Waals surface area contributed by atoms with Crippen LogP contribution in [-0.4, -0.2) is 5.78 Å². The highest BCUT2D eigenvalue weighted by atomic mass is 16.5. The van der Waals surface area contributed by atoms with Crippen LogP contribution in [0.25, 0.3) is 0 Å². The molecular weight excluding hydrogens is 302 g/mol. The van der Waals surface area contributed by atoms with Crippen LogP contribution in [0.4, 0.5) is 0 Å². The van der Waals surface area contributed by atoms with Gasteiger partial charge in [0.1, 0.15) is 17.4 Å². The second-order valence-electron chi connectivity index (χ2n) is 6.94. The van der Waals surface area contributed by atoms with Crippen LogP contribution in [0.2, 0.25) is 0 Å². The molecule has 0 unspecified atom stereocenters. The summed E-state index contributed by atoms with van der Waals surface area (Å²) < 4.78 is 5.64. The van der Waals surface area contributed by atoms with Gasteiger partial charge < -0.3 is 10.5 Å². The third kappa shape index (κ3) is 2.55. The molecule has 0 saturated carbocycles. The van der Waals surface area contributed by atoms with E-state index in [9.17, 15) is 10.1 Å². The highest BCUT2D eigenvalue weighted by Gasteiger charge is 2.42. The number of carbonyl (C=O) groups excluding carboxylic acids is 1. The van der Waals surface area contributed by atoms with Gasteiger partial charge in [-0.2, -0.15) is 10.5 Å². The molecule has 1 atom stereocenters. The molecule has 0 saturated heterocycles. The molecule has 0 amide bonds. The van der Waals surface area contributed by atoms with Crippen molar-refractivity contribution >= 4 is 5.78 Å². The van der Waals surface area contributed by atoms with Crippen LogP contribution in [0, 0.1) is 28.1 Å². The molecule has 0 fully saturated rings. The SMILES string of the molecule is CC1(C)CC(=O)C2=C(C1)OC(N)=C(C#N)[C@H]2c1ccc(C#N)cc1. The van der Waals surface area contributed by atoms with Crippen molar-refractivity contribution in [2.45, 2.75) is 32.6 Å². The first-order chi connectivity index (χ1) is 11.4. The largest absolute Gasteiger partial charge is 0.444 e. The number of nitrogens with two attached hydrogens (primary N) is 1. The van der Waals surface area contributed by atoms with Crippen molar-refractivity contribution in [2.24, 2.45) is 11.1 Å². The van der Waals surface area contributed by atoms with Crippen LogP contribution in [0.15, 0.2) is 47.1 Å². The normalized spacial score (nSPS) is 22.3. The second-order valence-corrected chi connectivity index (χ2v) is 6.94. The molecule has 2 aliphatic rings. The number of nitriles is 2. The van der Waals surface area contributed by atoms with Gasteiger partial charge in [-0.3, -0.25) is 4.79 Å². The van der Waals surface area contributed by atoms with Crippen molar-refractivity contribution in [1.29, 1.82) is 10.5 Å². The summed E-state index contributed by atoms with van der Waals surface area (Å²) in [5, 5.41) is 18.5. The Hall–Kier alpha value is -3.05. The van der Waals surface area contributed by atoms with Gasteiger partial charge in [0.25, 0.3) is 0 Å². The molecule has 2 N–H and O–H groups in total. The maximum absolute atomic E-state index is 12.8. The quantitative estimate of drug-likeness (QED) is 0.857. The molecule has 0 radical (unpaired) electrons. The molecule has 1 aromatic rings. The fraction of sp³-hybridized carbons (Fsp3) is 0.316. The molecule has 120 valence electrons. The number of carbonyl (C=O) groups is 1. The minimum atomic E-state index is -0.532. The van der Waals surface area contributed by atoms with Gasteiger partial charge in [0, 0.05) is 18.4 Å². The molecule has 3 rings (SSSR count). The average Bonchev–Trinajstić information content (AvgIpc) is 2.52. The van der Waals surface area contributed by atoms with E-state index in [1.165, 1.54) is 0 Å². The number of Topliss-reactive ketones (excluding diaryl/α,β-unsaturated/α-hetero) is 1. The summed E-state index contributed by atoms with van der Waals surface area (Å²) in [5.74, 6) is 0.0594. The lowest BCUT2D eigenvalue weighted by Crippen LogP contribution is -2.33. The first-order valence-corrected chi connectivity index (χ1v) is 7.70. The van der Waals surface area contributed by atoms with Crippen molar-refractivity contribution in [3.05, 3.63) is 58.2 Å². The maximum atomic E-state index is 12.8. The van der Waals surface area contributed by atoms with Gasteiger partial charge in [0.05, 0.1) is 17.6 Å². The highest BCUT2D eigenvalue weighted by molar-refractivity contribution is 6.00. The van der Waals surface area contributed by atoms with Crippen molar-refractivity contribution in [1.82, 2.24) is 0 Å². The molecule has 5 heteroatoms. The van der Waals surface area contributed by atoms with E-state index >= 15 is 0 Å². The smallest absolute Gasteiger partial charge is 0.205 e. The second kappa shape index (κ2) is 5.54. The summed E-state index contributed by atoms with van der Waals surface area (Å²) in [5.41, 5.74) is 7.79. The van der Waals surface area contributed by atoms with Gasteiger partial charge in [-0.25, -0.2) is 0 Å². The van der Waals surface area contributed by atoms with Crippen LogP contribution in [0.3, 0.4) is 0 Å². The molecule has 5 nitrogen and oxygen atoms in total. The Kier molecular flexibility index (Phi) is 3.66. The molecule has 1 aliphatic carbocycles. The number of hydrogen-bond donors (Lipinski definition) is 1. The number of nitrogens with zero attached hydrogens (tertiary/aromatic N) is 2. The van der Waals surface area contributed by atoms with E-state index in [2.05, 4.69) is 12.1 Å². The Bertz CT molecular complexity index is 861. The van der Waals surface area contributed by atoms with Gasteiger partial charge >= 0.3 is 0 Å². The Morgan fingerprint density at radius 2 is 1.83 bits per heavy atom. The maximum Gasteiger partial charge on any atom is 0.205 e. The zero-order chi connectivity index (χ0) is 17.5. The summed E-state index contributed by atoms with van der Waals surface area (Å²) in [7, 11) is 0. The molecule has 1 heterocycles. The van der Waals surface area contributed by atoms with E-state index in [1.807, 2.05) is 13.8 Å². The molecular formula is C19H17N3O2. The standard InChI is InChI=1S/C19H17N3O2/c1-19(2)7-14(23)17-15(8-19)24-18(22)13(10-21)16(17)12-5-3-11(9-20)4-6-12/h3-6,16H,7-8,22H2,1-2H3/t16-/m1/s1. The molecule has 0 aromatic heterocycles. The van der Waals surface area contributed by atoms with E-state index in [4.69, 9.17) is 15.7 Å². The molecule has 1 aliphatic heterocycles. The number of allylic oxidation sites excluding steroid dienone is 3. The van der Waals surface area contributed by atoms with Crippen molar-refractivity contribution in [3.8, 4) is 12.1 Å². The van der Waals surface area contributed by atoms with Crippen LogP contribution >= 0.6 is 0 Å². The lowest BCUT2D eigenvalue weighted by atomic mass is 9.70. The Balaban J connectivity index is 2.16. The number of ether oxygens (including phenoxy) is 1. The van der Waals surface area contributed by atoms with Crippen LogP contribution < -0.4 is 5.73 Å². The number of ketones is 1. The van der Waals surface area contributed by atoms with Gasteiger partial charge in [-0.15, -0.1) is 0 Å². The minimum Gasteiger partial charge on any atom is -0.444 e. The summed E-state index contributed by atoms with van der Waals surface area (Å²) in [4.78, 5) is 12.8. The zero-order valence-electron chi connectivity index (χ0n) is 13.6. The van der Waals surface area contributed by atoms with Gasteiger partial charge in [0.15, 0.2) is 5.78 Å².